The summed E-state index contributed by atoms with van der Waals surface area (Å²) in [6, 6.07) is 8.60. The molecule has 1 aromatic heterocycles. The number of carboxylic acid groups (broad SMARTS) is 1. The highest BCUT2D eigenvalue weighted by atomic mass is 32.1. The Hall–Kier alpha value is -2.67. The summed E-state index contributed by atoms with van der Waals surface area (Å²) in [6.07, 6.45) is 4.79. The van der Waals surface area contributed by atoms with Crippen LogP contribution in [0.2, 0.25) is 0 Å². The van der Waals surface area contributed by atoms with E-state index in [0.717, 1.165) is 18.4 Å². The second-order valence-electron chi connectivity index (χ2n) is 5.34. The van der Waals surface area contributed by atoms with Crippen molar-refractivity contribution < 1.29 is 19.4 Å². The third kappa shape index (κ3) is 3.99. The molecular formula is C17H15N2O4S-. The fourth-order valence-electron chi connectivity index (χ4n) is 2.45. The number of benzene rings is 1. The predicted molar refractivity (Wildman–Crippen MR) is 88.3 cm³/mol. The Kier molecular flexibility index (Phi) is 4.90. The zero-order valence-electron chi connectivity index (χ0n) is 12.8. The molecule has 1 heterocycles. The highest BCUT2D eigenvalue weighted by Crippen LogP contribution is 2.30. The van der Waals surface area contributed by atoms with Crippen molar-refractivity contribution in [3.05, 3.63) is 51.2 Å². The number of carboxylic acids is 1. The number of aryl methyl sites for hydroxylation is 2. The van der Waals surface area contributed by atoms with Gasteiger partial charge >= 0.3 is 0 Å². The molecule has 124 valence electrons. The molecule has 0 atom stereocenters. The molecule has 1 aliphatic rings. The fraction of sp³-hybridized carbons (Fsp3) is 0.235. The van der Waals surface area contributed by atoms with Crippen LogP contribution in [0, 0.1) is 0 Å². The predicted octanol–water partition coefficient (Wildman–Crippen LogP) is 1.13. The number of thiophene rings is 1. The number of carbonyl (C=O) groups excluding carboxylic acids is 2. The van der Waals surface area contributed by atoms with Gasteiger partial charge in [0.05, 0.1) is 17.1 Å². The minimum atomic E-state index is -1.28. The number of hydrogen-bond donors (Lipinski definition) is 1. The first-order chi connectivity index (χ1) is 11.6. The summed E-state index contributed by atoms with van der Waals surface area (Å²) in [6.45, 7) is -0.492. The van der Waals surface area contributed by atoms with Gasteiger partial charge < -0.3 is 14.6 Å². The van der Waals surface area contributed by atoms with Crippen molar-refractivity contribution in [2.24, 2.45) is 5.10 Å². The van der Waals surface area contributed by atoms with Crippen molar-refractivity contribution in [2.45, 2.75) is 19.3 Å². The first-order valence-electron chi connectivity index (χ1n) is 7.49. The Labute approximate surface area is 142 Å². The number of hydrogen-bond acceptors (Lipinski definition) is 6. The molecule has 1 amide bonds. The molecule has 0 saturated heterocycles. The number of nitrogens with one attached hydrogen (secondary N) is 1. The van der Waals surface area contributed by atoms with Crippen LogP contribution in [0.1, 0.15) is 32.1 Å². The quantitative estimate of drug-likeness (QED) is 0.629. The monoisotopic (exact) mass is 343 g/mol. The minimum Gasteiger partial charge on any atom is -0.546 e. The lowest BCUT2D eigenvalue weighted by Gasteiger charge is -2.06. The summed E-state index contributed by atoms with van der Waals surface area (Å²) in [5.41, 5.74) is 4.55. The van der Waals surface area contributed by atoms with Gasteiger partial charge in [-0.3, -0.25) is 4.79 Å². The molecule has 6 nitrogen and oxygen atoms in total. The summed E-state index contributed by atoms with van der Waals surface area (Å²) in [7, 11) is 0. The average molecular weight is 343 g/mol. The molecule has 0 radical (unpaired) electrons. The summed E-state index contributed by atoms with van der Waals surface area (Å²) in [5.74, 6) is -1.06. The Morgan fingerprint density at radius 3 is 2.79 bits per heavy atom. The lowest BCUT2D eigenvalue weighted by molar-refractivity contribution is -0.307. The lowest BCUT2D eigenvalue weighted by Crippen LogP contribution is -2.28. The van der Waals surface area contributed by atoms with E-state index in [1.807, 2.05) is 6.07 Å². The van der Waals surface area contributed by atoms with Crippen molar-refractivity contribution >= 4 is 29.4 Å². The minimum absolute atomic E-state index is 0.209. The number of amides is 1. The Balaban J connectivity index is 1.53. The lowest BCUT2D eigenvalue weighted by atomic mass is 10.2. The molecule has 3 rings (SSSR count). The Morgan fingerprint density at radius 1 is 1.29 bits per heavy atom. The highest BCUT2D eigenvalue weighted by molar-refractivity contribution is 7.14. The average Bonchev–Trinajstić information content (AvgIpc) is 3.15. The van der Waals surface area contributed by atoms with Crippen LogP contribution in [0.25, 0.3) is 0 Å². The van der Waals surface area contributed by atoms with Crippen molar-refractivity contribution in [3.63, 3.8) is 0 Å². The van der Waals surface area contributed by atoms with E-state index in [4.69, 9.17) is 4.74 Å². The summed E-state index contributed by atoms with van der Waals surface area (Å²) >= 11 is 1.53. The van der Waals surface area contributed by atoms with Crippen molar-refractivity contribution in [3.8, 4) is 5.75 Å². The van der Waals surface area contributed by atoms with Gasteiger partial charge in [-0.05, 0) is 60.7 Å². The number of fused-ring (bicyclic) bond motifs is 1. The molecule has 1 aliphatic carbocycles. The van der Waals surface area contributed by atoms with Gasteiger partial charge in [0.15, 0.2) is 0 Å². The number of rotatable bonds is 6. The van der Waals surface area contributed by atoms with Crippen LogP contribution in [0.5, 0.6) is 5.75 Å². The number of hydrazone groups is 1. The van der Waals surface area contributed by atoms with Gasteiger partial charge in [0.1, 0.15) is 12.4 Å². The van der Waals surface area contributed by atoms with Crippen LogP contribution in [-0.4, -0.2) is 24.7 Å². The normalized spacial score (nSPS) is 13.0. The smallest absolute Gasteiger partial charge is 0.281 e. The molecular weight excluding hydrogens is 328 g/mol. The second-order valence-corrected chi connectivity index (χ2v) is 6.48. The van der Waals surface area contributed by atoms with E-state index in [1.165, 1.54) is 34.4 Å². The van der Waals surface area contributed by atoms with E-state index in [-0.39, 0.29) is 5.91 Å². The fourth-order valence-corrected chi connectivity index (χ4v) is 3.60. The van der Waals surface area contributed by atoms with Gasteiger partial charge in [-0.1, -0.05) is 0 Å². The van der Waals surface area contributed by atoms with Gasteiger partial charge in [-0.25, -0.2) is 5.43 Å². The molecule has 1 aromatic carbocycles. The largest absolute Gasteiger partial charge is 0.546 e. The molecule has 7 heteroatoms. The van der Waals surface area contributed by atoms with E-state index in [1.54, 1.807) is 24.3 Å². The van der Waals surface area contributed by atoms with Crippen molar-refractivity contribution in [1.29, 1.82) is 0 Å². The summed E-state index contributed by atoms with van der Waals surface area (Å²) in [4.78, 5) is 24.3. The van der Waals surface area contributed by atoms with E-state index in [9.17, 15) is 14.7 Å². The maximum Gasteiger partial charge on any atom is 0.281 e. The SMILES string of the molecule is O=C([O-])COc1ccc(/C=N\NC(=O)c2cc3c(s2)CCC3)cc1. The van der Waals surface area contributed by atoms with Crippen LogP contribution >= 0.6 is 11.3 Å². The van der Waals surface area contributed by atoms with Crippen LogP contribution in [0.3, 0.4) is 0 Å². The van der Waals surface area contributed by atoms with Gasteiger partial charge in [-0.15, -0.1) is 11.3 Å². The van der Waals surface area contributed by atoms with E-state index >= 15 is 0 Å². The van der Waals surface area contributed by atoms with Crippen LogP contribution in [0.15, 0.2) is 35.4 Å². The number of carbonyl (C=O) groups is 2. The van der Waals surface area contributed by atoms with Crippen molar-refractivity contribution in [2.75, 3.05) is 6.61 Å². The Morgan fingerprint density at radius 2 is 2.08 bits per heavy atom. The molecule has 0 fully saturated rings. The second kappa shape index (κ2) is 7.27. The van der Waals surface area contributed by atoms with Gasteiger partial charge in [0.2, 0.25) is 0 Å². The number of nitrogens with zero attached hydrogens (tertiary/aromatic N) is 1. The molecule has 0 spiro atoms. The first-order valence-corrected chi connectivity index (χ1v) is 8.31. The maximum absolute atomic E-state index is 12.0. The first kappa shape index (κ1) is 16.2. The van der Waals surface area contributed by atoms with E-state index in [0.29, 0.717) is 10.6 Å². The third-order valence-electron chi connectivity index (χ3n) is 3.59. The highest BCUT2D eigenvalue weighted by Gasteiger charge is 2.17. The number of aliphatic carboxylic acids is 1. The molecule has 0 unspecified atom stereocenters. The van der Waals surface area contributed by atoms with Crippen LogP contribution < -0.4 is 15.3 Å². The molecule has 0 aliphatic heterocycles. The third-order valence-corrected chi connectivity index (χ3v) is 4.82. The molecule has 24 heavy (non-hydrogen) atoms. The zero-order valence-corrected chi connectivity index (χ0v) is 13.6. The van der Waals surface area contributed by atoms with Crippen LogP contribution in [-0.2, 0) is 17.6 Å². The van der Waals surface area contributed by atoms with E-state index in [2.05, 4.69) is 10.5 Å². The standard InChI is InChI=1S/C17H16N2O4S/c20-16(21)10-23-13-6-4-11(5-7-13)9-18-19-17(22)15-8-12-2-1-3-14(12)24-15/h4-9H,1-3,10H2,(H,19,22)(H,20,21)/p-1/b18-9-. The zero-order chi connectivity index (χ0) is 16.9. The maximum atomic E-state index is 12.0. The van der Waals surface area contributed by atoms with E-state index < -0.39 is 12.6 Å². The van der Waals surface area contributed by atoms with Gasteiger partial charge in [0.25, 0.3) is 5.91 Å². The summed E-state index contributed by atoms with van der Waals surface area (Å²) < 4.78 is 4.98. The van der Waals surface area contributed by atoms with Gasteiger partial charge in [-0.2, -0.15) is 5.10 Å². The number of ether oxygens (including phenoxy) is 1. The van der Waals surface area contributed by atoms with Gasteiger partial charge in [0, 0.05) is 4.88 Å². The topological polar surface area (TPSA) is 90.8 Å². The Bertz CT molecular complexity index is 759. The molecule has 0 bridgehead atoms. The summed E-state index contributed by atoms with van der Waals surface area (Å²) in [5, 5.41) is 14.3. The van der Waals surface area contributed by atoms with Crippen LogP contribution in [0.4, 0.5) is 0 Å². The molecule has 2 aromatic rings. The molecule has 1 N–H and O–H groups in total. The van der Waals surface area contributed by atoms with Crippen molar-refractivity contribution in [1.82, 2.24) is 5.43 Å². The molecule has 0 saturated carbocycles.